The molecule has 0 radical (unpaired) electrons. The van der Waals surface area contributed by atoms with Gasteiger partial charge in [0, 0.05) is 13.0 Å². The summed E-state index contributed by atoms with van der Waals surface area (Å²) in [5.41, 5.74) is 1.69. The quantitative estimate of drug-likeness (QED) is 0.242. The van der Waals surface area contributed by atoms with Gasteiger partial charge in [0.1, 0.15) is 12.4 Å². The number of hydrogen-bond donors (Lipinski definition) is 2. The topological polar surface area (TPSA) is 97.0 Å². The Hall–Kier alpha value is -3.82. The number of urea groups is 1. The molecule has 1 heterocycles. The molecule has 39 heavy (non-hydrogen) atoms. The van der Waals surface area contributed by atoms with Gasteiger partial charge in [-0.15, -0.1) is 0 Å². The Labute approximate surface area is 235 Å². The third kappa shape index (κ3) is 6.99. The summed E-state index contributed by atoms with van der Waals surface area (Å²) in [5.74, 6) is -2.50. The van der Waals surface area contributed by atoms with Gasteiger partial charge < -0.3 is 25.0 Å². The van der Waals surface area contributed by atoms with Gasteiger partial charge in [0.15, 0.2) is 0 Å². The zero-order chi connectivity index (χ0) is 28.0. The van der Waals surface area contributed by atoms with Gasteiger partial charge in [0.25, 0.3) is 0 Å². The number of benzene rings is 3. The molecule has 2 N–H and O–H groups in total. The predicted molar refractivity (Wildman–Crippen MR) is 147 cm³/mol. The number of rotatable bonds is 8. The Morgan fingerprint density at radius 2 is 1.67 bits per heavy atom. The predicted octanol–water partition coefficient (Wildman–Crippen LogP) is 6.33. The van der Waals surface area contributed by atoms with E-state index in [0.717, 1.165) is 0 Å². The molecule has 1 fully saturated rings. The van der Waals surface area contributed by atoms with Crippen LogP contribution in [0.25, 0.3) is 0 Å². The van der Waals surface area contributed by atoms with Gasteiger partial charge in [-0.3, -0.25) is 4.79 Å². The highest BCUT2D eigenvalue weighted by Gasteiger charge is 2.44. The number of nitrogens with one attached hydrogen (secondary N) is 2. The lowest BCUT2D eigenvalue weighted by atomic mass is 10.1. The molecular weight excluding hydrogens is 548 g/mol. The van der Waals surface area contributed by atoms with Crippen LogP contribution in [-0.2, 0) is 16.0 Å². The van der Waals surface area contributed by atoms with E-state index in [-0.39, 0.29) is 31.0 Å². The molecule has 3 aromatic rings. The summed E-state index contributed by atoms with van der Waals surface area (Å²) in [5, 5.41) is 5.89. The van der Waals surface area contributed by atoms with Crippen molar-refractivity contribution in [3.8, 4) is 5.75 Å². The molecule has 1 aliphatic rings. The van der Waals surface area contributed by atoms with Crippen molar-refractivity contribution < 1.29 is 28.2 Å². The second kappa shape index (κ2) is 12.4. The number of anilines is 2. The van der Waals surface area contributed by atoms with Crippen LogP contribution in [0, 0.1) is 0 Å². The lowest BCUT2D eigenvalue weighted by molar-refractivity contribution is -0.144. The second-order valence-corrected chi connectivity index (χ2v) is 9.74. The molecule has 0 unspecified atom stereocenters. The Morgan fingerprint density at radius 1 is 0.974 bits per heavy atom. The van der Waals surface area contributed by atoms with E-state index < -0.39 is 23.7 Å². The van der Waals surface area contributed by atoms with Crippen molar-refractivity contribution in [2.75, 3.05) is 30.9 Å². The smallest absolute Gasteiger partial charge is 0.337 e. The van der Waals surface area contributed by atoms with Gasteiger partial charge >= 0.3 is 12.0 Å². The standard InChI is InChI=1S/C28H26Cl2FN3O5/c1-38-26(36)19-8-10-20(11-9-19)39-17-28(31)13-4-14-34(28)25(35)16-18-7-12-24(22(30)15-18)33-27(37)32-23-6-3-2-5-21(23)29/h2-3,5-12,15H,4,13-14,16-17H2,1H3,(H2,32,33,37)/t28-/m1/s1. The van der Waals surface area contributed by atoms with Crippen LogP contribution in [-0.4, -0.2) is 48.9 Å². The van der Waals surface area contributed by atoms with Gasteiger partial charge in [-0.05, 0) is 60.5 Å². The zero-order valence-electron chi connectivity index (χ0n) is 21.0. The lowest BCUT2D eigenvalue weighted by Crippen LogP contribution is -2.48. The number of likely N-dealkylation sites (tertiary alicyclic amines) is 1. The number of amides is 3. The highest BCUT2D eigenvalue weighted by Crippen LogP contribution is 2.33. The first-order chi connectivity index (χ1) is 18.7. The number of ether oxygens (including phenoxy) is 2. The van der Waals surface area contributed by atoms with Crippen molar-refractivity contribution in [3.63, 3.8) is 0 Å². The van der Waals surface area contributed by atoms with Crippen molar-refractivity contribution in [3.05, 3.63) is 87.9 Å². The maximum atomic E-state index is 15.8. The van der Waals surface area contributed by atoms with Gasteiger partial charge in [-0.1, -0.05) is 41.4 Å². The van der Waals surface area contributed by atoms with E-state index in [1.807, 2.05) is 0 Å². The third-order valence-electron chi connectivity index (χ3n) is 6.22. The molecule has 0 bridgehead atoms. The summed E-state index contributed by atoms with van der Waals surface area (Å²) < 4.78 is 26.1. The van der Waals surface area contributed by atoms with Crippen molar-refractivity contribution in [2.24, 2.45) is 0 Å². The SMILES string of the molecule is COC(=O)c1ccc(OC[C@@]2(F)CCCN2C(=O)Cc2ccc(NC(=O)Nc3ccccc3Cl)c(Cl)c2)cc1. The number of carbonyl (C=O) groups excluding carboxylic acids is 3. The Bertz CT molecular complexity index is 1370. The first-order valence-electron chi connectivity index (χ1n) is 12.1. The van der Waals surface area contributed by atoms with Gasteiger partial charge in [-0.2, -0.15) is 0 Å². The lowest BCUT2D eigenvalue weighted by Gasteiger charge is -2.31. The number of para-hydroxylation sites is 1. The van der Waals surface area contributed by atoms with Crippen LogP contribution >= 0.6 is 23.2 Å². The second-order valence-electron chi connectivity index (χ2n) is 8.92. The van der Waals surface area contributed by atoms with Crippen LogP contribution in [0.3, 0.4) is 0 Å². The summed E-state index contributed by atoms with van der Waals surface area (Å²) in [4.78, 5) is 38.2. The maximum absolute atomic E-state index is 15.8. The van der Waals surface area contributed by atoms with Crippen molar-refractivity contribution >= 4 is 52.5 Å². The minimum Gasteiger partial charge on any atom is -0.488 e. The first-order valence-corrected chi connectivity index (χ1v) is 12.9. The number of hydrogen-bond acceptors (Lipinski definition) is 5. The molecule has 204 valence electrons. The van der Waals surface area contributed by atoms with Crippen molar-refractivity contribution in [1.29, 1.82) is 0 Å². The highest BCUT2D eigenvalue weighted by atomic mass is 35.5. The van der Waals surface area contributed by atoms with E-state index in [4.69, 9.17) is 27.9 Å². The zero-order valence-corrected chi connectivity index (χ0v) is 22.5. The van der Waals surface area contributed by atoms with Crippen LogP contribution in [0.1, 0.15) is 28.8 Å². The van der Waals surface area contributed by atoms with Crippen LogP contribution in [0.4, 0.5) is 20.6 Å². The molecule has 1 saturated heterocycles. The average molecular weight is 574 g/mol. The third-order valence-corrected chi connectivity index (χ3v) is 6.86. The maximum Gasteiger partial charge on any atom is 0.337 e. The number of halogens is 3. The molecule has 1 atom stereocenters. The molecule has 0 aromatic heterocycles. The van der Waals surface area contributed by atoms with Gasteiger partial charge in [-0.25, -0.2) is 14.0 Å². The monoisotopic (exact) mass is 573 g/mol. The molecule has 3 aromatic carbocycles. The minimum atomic E-state index is -1.97. The summed E-state index contributed by atoms with van der Waals surface area (Å²) in [6.07, 6.45) is 0.561. The van der Waals surface area contributed by atoms with E-state index in [2.05, 4.69) is 15.4 Å². The molecule has 8 nitrogen and oxygen atoms in total. The molecule has 0 spiro atoms. The molecule has 0 aliphatic carbocycles. The number of esters is 1. The normalized spacial score (nSPS) is 16.5. The Balaban J connectivity index is 1.34. The molecule has 3 amide bonds. The van der Waals surface area contributed by atoms with E-state index in [0.29, 0.717) is 39.7 Å². The Morgan fingerprint density at radius 3 is 2.33 bits per heavy atom. The highest BCUT2D eigenvalue weighted by molar-refractivity contribution is 6.34. The molecular formula is C28H26Cl2FN3O5. The van der Waals surface area contributed by atoms with E-state index in [1.54, 1.807) is 54.6 Å². The van der Waals surface area contributed by atoms with Crippen LogP contribution in [0.15, 0.2) is 66.7 Å². The van der Waals surface area contributed by atoms with E-state index >= 15 is 4.39 Å². The molecule has 0 saturated carbocycles. The fourth-order valence-corrected chi connectivity index (χ4v) is 4.65. The van der Waals surface area contributed by atoms with Crippen LogP contribution in [0.2, 0.25) is 10.0 Å². The number of methoxy groups -OCH3 is 1. The fraction of sp³-hybridized carbons (Fsp3) is 0.250. The van der Waals surface area contributed by atoms with E-state index in [9.17, 15) is 14.4 Å². The summed E-state index contributed by atoms with van der Waals surface area (Å²) in [6.45, 7) is -0.0873. The molecule has 1 aliphatic heterocycles. The van der Waals surface area contributed by atoms with Crippen LogP contribution < -0.4 is 15.4 Å². The summed E-state index contributed by atoms with van der Waals surface area (Å²) in [6, 6.07) is 17.2. The first kappa shape index (κ1) is 28.2. The number of alkyl halides is 1. The minimum absolute atomic E-state index is 0.0781. The largest absolute Gasteiger partial charge is 0.488 e. The number of nitrogens with zero attached hydrogens (tertiary/aromatic N) is 1. The molecule has 4 rings (SSSR count). The average Bonchev–Trinajstić information content (AvgIpc) is 3.32. The van der Waals surface area contributed by atoms with Crippen LogP contribution in [0.5, 0.6) is 5.75 Å². The summed E-state index contributed by atoms with van der Waals surface area (Å²) >= 11 is 12.4. The number of carbonyl (C=O) groups is 3. The van der Waals surface area contributed by atoms with Crippen molar-refractivity contribution in [2.45, 2.75) is 25.1 Å². The Kier molecular flexibility index (Phi) is 8.93. The van der Waals surface area contributed by atoms with Gasteiger partial charge in [0.2, 0.25) is 11.7 Å². The summed E-state index contributed by atoms with van der Waals surface area (Å²) in [7, 11) is 1.28. The fourth-order valence-electron chi connectivity index (χ4n) is 4.22. The van der Waals surface area contributed by atoms with Gasteiger partial charge in [0.05, 0.1) is 40.5 Å². The molecule has 11 heteroatoms. The van der Waals surface area contributed by atoms with E-state index in [1.165, 1.54) is 24.1 Å². The van der Waals surface area contributed by atoms with Crippen molar-refractivity contribution in [1.82, 2.24) is 4.90 Å².